The van der Waals surface area contributed by atoms with Crippen LogP contribution in [0.25, 0.3) is 0 Å². The number of hydrogen-bond acceptors (Lipinski definition) is 8. The van der Waals surface area contributed by atoms with Crippen molar-refractivity contribution in [1.82, 2.24) is 5.32 Å². The van der Waals surface area contributed by atoms with Crippen LogP contribution in [-0.4, -0.2) is 46.2 Å². The van der Waals surface area contributed by atoms with Gasteiger partial charge in [0.25, 0.3) is 5.91 Å². The summed E-state index contributed by atoms with van der Waals surface area (Å²) < 4.78 is 36.2. The second-order valence-corrected chi connectivity index (χ2v) is 13.2. The number of Topliss-reactive ketones (excluding diaryl/α,β-unsaturated/α-hetero) is 1. The third-order valence-corrected chi connectivity index (χ3v) is 10.4. The van der Waals surface area contributed by atoms with Crippen molar-refractivity contribution in [3.63, 3.8) is 0 Å². The predicted octanol–water partition coefficient (Wildman–Crippen LogP) is 0.686. The number of benzene rings is 1. The van der Waals surface area contributed by atoms with E-state index in [-0.39, 0.29) is 59.6 Å². The van der Waals surface area contributed by atoms with E-state index in [4.69, 9.17) is 9.63 Å². The molecule has 3 N–H and O–H groups in total. The molecule has 4 rings (SSSR count). The Morgan fingerprint density at radius 3 is 2.40 bits per heavy atom. The maximum atomic E-state index is 15.0. The summed E-state index contributed by atoms with van der Waals surface area (Å²) in [6.45, 7) is 7.67. The van der Waals surface area contributed by atoms with E-state index >= 15 is 4.39 Å². The van der Waals surface area contributed by atoms with Crippen molar-refractivity contribution < 1.29 is 77.1 Å². The van der Waals surface area contributed by atoms with Gasteiger partial charge in [-0.25, -0.2) is 9.18 Å². The first-order valence-corrected chi connectivity index (χ1v) is 14.8. The summed E-state index contributed by atoms with van der Waals surface area (Å²) in [5.74, 6) is -2.39. The van der Waals surface area contributed by atoms with E-state index in [0.29, 0.717) is 25.7 Å². The van der Waals surface area contributed by atoms with Gasteiger partial charge in [-0.3, -0.25) is 19.5 Å². The van der Waals surface area contributed by atoms with Crippen molar-refractivity contribution in [3.05, 3.63) is 29.8 Å². The van der Waals surface area contributed by atoms with E-state index in [2.05, 4.69) is 9.84 Å². The van der Waals surface area contributed by atoms with Gasteiger partial charge in [-0.1, -0.05) is 27.7 Å². The number of alkyl halides is 1. The van der Waals surface area contributed by atoms with Gasteiger partial charge in [0.1, 0.15) is 11.9 Å². The number of hydrogen-bond donors (Lipinski definition) is 3. The molecule has 1 aromatic rings. The second-order valence-electron chi connectivity index (χ2n) is 12.0. The molecule has 3 aliphatic carbocycles. The normalized spacial score (nSPS) is 38.5. The van der Waals surface area contributed by atoms with Crippen LogP contribution in [0.2, 0.25) is 0 Å². The number of amides is 2. The monoisotopic (exact) mass is 591 g/mol. The van der Waals surface area contributed by atoms with Crippen LogP contribution < -0.4 is 44.3 Å². The largest absolute Gasteiger partial charge is 1.00 e. The van der Waals surface area contributed by atoms with Crippen LogP contribution in [0.15, 0.2) is 24.3 Å². The average Bonchev–Trinajstić information content (AvgIpc) is 3.09. The number of nitrogens with one attached hydrogen (secondary N) is 1. The van der Waals surface area contributed by atoms with Crippen LogP contribution in [-0.2, 0) is 14.1 Å². The number of carbonyl (C=O) groups excluding carboxylic acids is 3. The molecular weight excluding hydrogens is 555 g/mol. The Hall–Kier alpha value is -1.33. The van der Waals surface area contributed by atoms with Crippen LogP contribution >= 0.6 is 7.82 Å². The van der Waals surface area contributed by atoms with Gasteiger partial charge in [-0.2, -0.15) is 0 Å². The first kappa shape index (κ1) is 33.2. The third-order valence-electron chi connectivity index (χ3n) is 9.91. The average molecular weight is 592 g/mol. The summed E-state index contributed by atoms with van der Waals surface area (Å²) in [5, 5.41) is 13.5. The Morgan fingerprint density at radius 2 is 1.82 bits per heavy atom. The van der Waals surface area contributed by atoms with Crippen LogP contribution in [0.5, 0.6) is 5.75 Å². The Bertz CT molecular complexity index is 1190. The molecule has 1 aromatic carbocycles. The van der Waals surface area contributed by atoms with E-state index in [1.54, 1.807) is 0 Å². The van der Waals surface area contributed by atoms with Crippen molar-refractivity contribution in [2.45, 2.75) is 84.6 Å². The molecule has 0 aliphatic heterocycles. The Labute approximate surface area is 255 Å². The van der Waals surface area contributed by atoms with Crippen molar-refractivity contribution in [3.8, 4) is 5.75 Å². The SMILES string of the molecule is CC[C@]1(C)C[C@@H](OC(=O)NC(=O)c2ccc(OP(=O)([O-])O)cc2)[C@]2(C)[C@H](C)CCC3(C[C@H](F)C(=O)[C@H]32)C[C@@H]1O.[Na+]. The van der Waals surface area contributed by atoms with Gasteiger partial charge in [0.2, 0.25) is 0 Å². The van der Waals surface area contributed by atoms with E-state index < -0.39 is 66.1 Å². The zero-order chi connectivity index (χ0) is 29.0. The number of carbonyl (C=O) groups is 3. The molecule has 0 heterocycles. The zero-order valence-corrected chi connectivity index (χ0v) is 26.4. The molecule has 10 nitrogen and oxygen atoms in total. The number of phosphoric ester groups is 1. The molecule has 40 heavy (non-hydrogen) atoms. The maximum Gasteiger partial charge on any atom is 1.00 e. The van der Waals surface area contributed by atoms with Gasteiger partial charge in [-0.15, -0.1) is 0 Å². The number of imide groups is 1. The van der Waals surface area contributed by atoms with Gasteiger partial charge in [0, 0.05) is 16.9 Å². The number of phosphoric acid groups is 1. The molecule has 2 amide bonds. The summed E-state index contributed by atoms with van der Waals surface area (Å²) in [4.78, 5) is 58.8. The molecule has 0 saturated heterocycles. The van der Waals surface area contributed by atoms with Gasteiger partial charge < -0.3 is 24.2 Å². The molecule has 2 bridgehead atoms. The van der Waals surface area contributed by atoms with Crippen molar-refractivity contribution in [2.24, 2.45) is 28.1 Å². The van der Waals surface area contributed by atoms with Gasteiger partial charge in [-0.05, 0) is 79.5 Å². The van der Waals surface area contributed by atoms with Crippen LogP contribution in [0.4, 0.5) is 9.18 Å². The van der Waals surface area contributed by atoms with E-state index in [9.17, 15) is 28.9 Å². The number of aliphatic hydroxyl groups excluding tert-OH is 1. The van der Waals surface area contributed by atoms with Crippen molar-refractivity contribution in [2.75, 3.05) is 0 Å². The van der Waals surface area contributed by atoms with Crippen LogP contribution in [0.1, 0.15) is 76.6 Å². The number of rotatable bonds is 5. The summed E-state index contributed by atoms with van der Waals surface area (Å²) in [6.07, 6.45) is -1.97. The number of ether oxygens (including phenoxy) is 1. The molecule has 0 aromatic heterocycles. The van der Waals surface area contributed by atoms with Gasteiger partial charge >= 0.3 is 43.5 Å². The Balaban J connectivity index is 0.00000441. The number of halogens is 1. The summed E-state index contributed by atoms with van der Waals surface area (Å²) in [6, 6.07) is 4.66. The minimum atomic E-state index is -5.02. The number of ketones is 1. The van der Waals surface area contributed by atoms with Gasteiger partial charge in [0.15, 0.2) is 12.0 Å². The van der Waals surface area contributed by atoms with Crippen LogP contribution in [0.3, 0.4) is 0 Å². The Kier molecular flexibility index (Phi) is 9.74. The van der Waals surface area contributed by atoms with E-state index in [1.807, 2.05) is 27.7 Å². The van der Waals surface area contributed by atoms with E-state index in [0.717, 1.165) is 12.1 Å². The molecular formula is C27H36FNNaO9P. The molecule has 9 atom stereocenters. The quantitative estimate of drug-likeness (QED) is 0.330. The Morgan fingerprint density at radius 1 is 1.20 bits per heavy atom. The second kappa shape index (κ2) is 11.7. The smallest absolute Gasteiger partial charge is 0.746 e. The molecule has 13 heteroatoms. The topological polar surface area (TPSA) is 162 Å². The minimum absolute atomic E-state index is 0. The molecule has 3 fully saturated rings. The minimum Gasteiger partial charge on any atom is -0.746 e. The molecule has 3 aliphatic rings. The fraction of sp³-hybridized carbons (Fsp3) is 0.667. The maximum absolute atomic E-state index is 15.0. The third kappa shape index (κ3) is 6.07. The van der Waals surface area contributed by atoms with Gasteiger partial charge in [0.05, 0.1) is 6.10 Å². The number of alkyl carbamates (subject to hydrolysis) is 1. The first-order chi connectivity index (χ1) is 18.0. The predicted molar refractivity (Wildman–Crippen MR) is 135 cm³/mol. The van der Waals surface area contributed by atoms with E-state index in [1.165, 1.54) is 12.1 Å². The van der Waals surface area contributed by atoms with Crippen molar-refractivity contribution >= 4 is 25.6 Å². The fourth-order valence-electron chi connectivity index (χ4n) is 7.26. The zero-order valence-electron chi connectivity index (χ0n) is 23.5. The summed E-state index contributed by atoms with van der Waals surface area (Å²) in [7, 11) is -5.02. The fourth-order valence-corrected chi connectivity index (χ4v) is 7.65. The standard InChI is InChI=1S/C27H37FNO9P.Na/c1-5-25(3)14-20(37-24(33)29-23(32)16-6-8-17(9-7-16)38-39(34,35)36)26(4)15(2)10-11-27(13-19(25)30)12-18(28)21(31)22(26)27;/h6-9,15,18-20,22,30H,5,10-14H2,1-4H3,(H,29,32,33)(H2,34,35,36);/q;+1/p-1/t15-,18+,19+,20-,22+,25-,26+,27?;/m1./s1. The van der Waals surface area contributed by atoms with Crippen molar-refractivity contribution in [1.29, 1.82) is 0 Å². The summed E-state index contributed by atoms with van der Waals surface area (Å²) in [5.41, 5.74) is -2.32. The first-order valence-electron chi connectivity index (χ1n) is 13.3. The molecule has 2 unspecified atom stereocenters. The molecule has 0 radical (unpaired) electrons. The molecule has 216 valence electrons. The molecule has 0 spiro atoms. The summed E-state index contributed by atoms with van der Waals surface area (Å²) >= 11 is 0. The molecule has 3 saturated carbocycles. The number of aliphatic hydroxyl groups is 1. The van der Waals surface area contributed by atoms with Crippen LogP contribution in [0, 0.1) is 28.1 Å².